The number of anilines is 1. The zero-order valence-corrected chi connectivity index (χ0v) is 11.9. The molecule has 1 unspecified atom stereocenters. The second kappa shape index (κ2) is 6.00. The van der Waals surface area contributed by atoms with Crippen LogP contribution in [0.5, 0.6) is 0 Å². The van der Waals surface area contributed by atoms with E-state index >= 15 is 0 Å². The van der Waals surface area contributed by atoms with Gasteiger partial charge in [0.1, 0.15) is 6.54 Å². The Morgan fingerprint density at radius 2 is 1.81 bits per heavy atom. The number of hydrogen-bond acceptors (Lipinski definition) is 2. The number of carbonyl (C=O) groups is 1. The van der Waals surface area contributed by atoms with Crippen LogP contribution in [0.1, 0.15) is 30.0 Å². The average molecular weight is 281 g/mol. The molecule has 0 aliphatic heterocycles. The summed E-state index contributed by atoms with van der Waals surface area (Å²) in [6.07, 6.45) is 3.19. The van der Waals surface area contributed by atoms with E-state index < -0.39 is 5.97 Å². The highest BCUT2D eigenvalue weighted by Crippen LogP contribution is 2.36. The van der Waals surface area contributed by atoms with E-state index in [0.29, 0.717) is 0 Å². The van der Waals surface area contributed by atoms with Crippen LogP contribution in [0.25, 0.3) is 0 Å². The summed E-state index contributed by atoms with van der Waals surface area (Å²) in [4.78, 5) is 13.3. The van der Waals surface area contributed by atoms with Crippen molar-refractivity contribution < 1.29 is 9.90 Å². The zero-order valence-electron chi connectivity index (χ0n) is 11.9. The zero-order chi connectivity index (χ0) is 14.7. The number of aryl methyl sites for hydroxylation is 1. The number of nitrogens with zero attached hydrogens (tertiary/aromatic N) is 1. The number of para-hydroxylation sites is 1. The number of carboxylic acids is 1. The van der Waals surface area contributed by atoms with Gasteiger partial charge < -0.3 is 10.0 Å². The number of hydrogen-bond donors (Lipinski definition) is 1. The van der Waals surface area contributed by atoms with Gasteiger partial charge in [-0.1, -0.05) is 42.5 Å². The molecule has 1 aliphatic rings. The van der Waals surface area contributed by atoms with E-state index in [2.05, 4.69) is 18.2 Å². The van der Waals surface area contributed by atoms with E-state index in [1.165, 1.54) is 11.1 Å². The molecule has 3 rings (SSSR count). The van der Waals surface area contributed by atoms with Crippen molar-refractivity contribution in [1.29, 1.82) is 0 Å². The summed E-state index contributed by atoms with van der Waals surface area (Å²) < 4.78 is 0. The summed E-state index contributed by atoms with van der Waals surface area (Å²) in [6.45, 7) is 0.0308. The molecule has 0 saturated heterocycles. The van der Waals surface area contributed by atoms with Crippen LogP contribution in [0.3, 0.4) is 0 Å². The number of benzene rings is 2. The molecule has 108 valence electrons. The molecule has 0 aromatic heterocycles. The number of aliphatic carboxylic acids is 1. The van der Waals surface area contributed by atoms with Crippen molar-refractivity contribution >= 4 is 11.7 Å². The van der Waals surface area contributed by atoms with Gasteiger partial charge in [-0.25, -0.2) is 0 Å². The lowest BCUT2D eigenvalue weighted by Crippen LogP contribution is -2.35. The summed E-state index contributed by atoms with van der Waals surface area (Å²) in [5.74, 6) is -0.790. The smallest absolute Gasteiger partial charge is 0.323 e. The second-order valence-electron chi connectivity index (χ2n) is 5.46. The van der Waals surface area contributed by atoms with Gasteiger partial charge in [-0.15, -0.1) is 0 Å². The summed E-state index contributed by atoms with van der Waals surface area (Å²) in [6, 6.07) is 18.4. The Labute approximate surface area is 124 Å². The van der Waals surface area contributed by atoms with Gasteiger partial charge in [-0.3, -0.25) is 4.79 Å². The third-order valence-corrected chi connectivity index (χ3v) is 4.11. The summed E-state index contributed by atoms with van der Waals surface area (Å²) in [5.41, 5.74) is 3.59. The van der Waals surface area contributed by atoms with Crippen molar-refractivity contribution in [3.05, 3.63) is 65.7 Å². The molecule has 3 heteroatoms. The van der Waals surface area contributed by atoms with Gasteiger partial charge in [0, 0.05) is 5.69 Å². The molecule has 0 heterocycles. The predicted molar refractivity (Wildman–Crippen MR) is 83.5 cm³/mol. The maximum Gasteiger partial charge on any atom is 0.323 e. The lowest BCUT2D eigenvalue weighted by atomic mass is 9.86. The summed E-state index contributed by atoms with van der Waals surface area (Å²) in [7, 11) is 0. The highest BCUT2D eigenvalue weighted by Gasteiger charge is 2.27. The molecule has 21 heavy (non-hydrogen) atoms. The number of rotatable bonds is 4. The van der Waals surface area contributed by atoms with Crippen molar-refractivity contribution in [2.75, 3.05) is 11.4 Å². The van der Waals surface area contributed by atoms with Gasteiger partial charge in [-0.2, -0.15) is 0 Å². The third-order valence-electron chi connectivity index (χ3n) is 4.11. The van der Waals surface area contributed by atoms with Gasteiger partial charge in [0.25, 0.3) is 0 Å². The van der Waals surface area contributed by atoms with Crippen LogP contribution in [0.2, 0.25) is 0 Å². The molecule has 0 fully saturated rings. The summed E-state index contributed by atoms with van der Waals surface area (Å²) >= 11 is 0. The Balaban J connectivity index is 2.00. The lowest BCUT2D eigenvalue weighted by Gasteiger charge is -2.36. The molecule has 0 saturated carbocycles. The Morgan fingerprint density at radius 3 is 2.57 bits per heavy atom. The highest BCUT2D eigenvalue weighted by atomic mass is 16.4. The molecule has 1 N–H and O–H groups in total. The molecule has 0 amide bonds. The fourth-order valence-corrected chi connectivity index (χ4v) is 3.20. The van der Waals surface area contributed by atoms with E-state index in [1.54, 1.807) is 0 Å². The van der Waals surface area contributed by atoms with E-state index in [1.807, 2.05) is 41.3 Å². The van der Waals surface area contributed by atoms with E-state index in [0.717, 1.165) is 24.9 Å². The van der Waals surface area contributed by atoms with Gasteiger partial charge in [-0.05, 0) is 42.5 Å². The molecule has 3 nitrogen and oxygen atoms in total. The average Bonchev–Trinajstić information content (AvgIpc) is 2.53. The maximum atomic E-state index is 11.3. The summed E-state index contributed by atoms with van der Waals surface area (Å²) in [5, 5.41) is 9.28. The quantitative estimate of drug-likeness (QED) is 0.930. The minimum atomic E-state index is -0.790. The molecule has 2 aromatic carbocycles. The van der Waals surface area contributed by atoms with Crippen LogP contribution in [0, 0.1) is 0 Å². The Morgan fingerprint density at radius 1 is 1.10 bits per heavy atom. The normalized spacial score (nSPS) is 17.0. The van der Waals surface area contributed by atoms with Crippen molar-refractivity contribution in [2.24, 2.45) is 0 Å². The monoisotopic (exact) mass is 281 g/mol. The standard InChI is InChI=1S/C18H19NO2/c20-18(21)13-19(15-9-2-1-3-10-15)17-12-6-8-14-7-4-5-11-16(14)17/h1-5,7,9-11,17H,6,8,12-13H2,(H,20,21). The lowest BCUT2D eigenvalue weighted by molar-refractivity contribution is -0.135. The van der Waals surface area contributed by atoms with Crippen molar-refractivity contribution in [1.82, 2.24) is 0 Å². The molecule has 0 spiro atoms. The molecule has 1 aliphatic carbocycles. The SMILES string of the molecule is O=C(O)CN(c1ccccc1)C1CCCc2ccccc21. The number of fused-ring (bicyclic) bond motifs is 1. The Hall–Kier alpha value is -2.29. The minimum Gasteiger partial charge on any atom is -0.480 e. The first-order valence-corrected chi connectivity index (χ1v) is 7.37. The molecule has 0 bridgehead atoms. The van der Waals surface area contributed by atoms with Crippen LogP contribution in [0.15, 0.2) is 54.6 Å². The van der Waals surface area contributed by atoms with E-state index in [9.17, 15) is 9.90 Å². The highest BCUT2D eigenvalue weighted by molar-refractivity contribution is 5.74. The van der Waals surface area contributed by atoms with Gasteiger partial charge >= 0.3 is 5.97 Å². The van der Waals surface area contributed by atoms with Gasteiger partial charge in [0.15, 0.2) is 0 Å². The van der Waals surface area contributed by atoms with Gasteiger partial charge in [0.05, 0.1) is 6.04 Å². The fraction of sp³-hybridized carbons (Fsp3) is 0.278. The molecular weight excluding hydrogens is 262 g/mol. The van der Waals surface area contributed by atoms with Crippen LogP contribution in [-0.2, 0) is 11.2 Å². The predicted octanol–water partition coefficient (Wildman–Crippen LogP) is 3.66. The molecular formula is C18H19NO2. The second-order valence-corrected chi connectivity index (χ2v) is 5.46. The number of carboxylic acid groups (broad SMARTS) is 1. The van der Waals surface area contributed by atoms with Crippen LogP contribution in [-0.4, -0.2) is 17.6 Å². The van der Waals surface area contributed by atoms with E-state index in [-0.39, 0.29) is 12.6 Å². The maximum absolute atomic E-state index is 11.3. The first-order chi connectivity index (χ1) is 10.3. The molecule has 1 atom stereocenters. The van der Waals surface area contributed by atoms with Crippen molar-refractivity contribution in [3.63, 3.8) is 0 Å². The van der Waals surface area contributed by atoms with Crippen LogP contribution in [0.4, 0.5) is 5.69 Å². The largest absolute Gasteiger partial charge is 0.480 e. The third kappa shape index (κ3) is 2.92. The van der Waals surface area contributed by atoms with Crippen molar-refractivity contribution in [2.45, 2.75) is 25.3 Å². The molecule has 2 aromatic rings. The first-order valence-electron chi connectivity index (χ1n) is 7.37. The van der Waals surface area contributed by atoms with Gasteiger partial charge in [0.2, 0.25) is 0 Å². The van der Waals surface area contributed by atoms with Crippen LogP contribution < -0.4 is 4.90 Å². The Bertz CT molecular complexity index is 624. The molecule has 0 radical (unpaired) electrons. The topological polar surface area (TPSA) is 40.5 Å². The fourth-order valence-electron chi connectivity index (χ4n) is 3.20. The first kappa shape index (κ1) is 13.7. The minimum absolute atomic E-state index is 0.0308. The van der Waals surface area contributed by atoms with Crippen molar-refractivity contribution in [3.8, 4) is 0 Å². The van der Waals surface area contributed by atoms with E-state index in [4.69, 9.17) is 0 Å². The Kier molecular flexibility index (Phi) is 3.91. The van der Waals surface area contributed by atoms with Crippen LogP contribution >= 0.6 is 0 Å².